The molecule has 2 nitrogen and oxygen atoms in total. The molecule has 0 spiro atoms. The van der Waals surface area contributed by atoms with E-state index in [9.17, 15) is 0 Å². The van der Waals surface area contributed by atoms with Crippen LogP contribution in [0.4, 0.5) is 5.69 Å². The van der Waals surface area contributed by atoms with Crippen molar-refractivity contribution in [2.45, 2.75) is 0 Å². The number of nitrogen functional groups attached to an aromatic ring is 1. The summed E-state index contributed by atoms with van der Waals surface area (Å²) in [6.07, 6.45) is 1.73. The standard InChI is InChI=1S/C7H6N2S/c8-6-1-3-9-7-5(6)2-4-10-7/h1-4H,(H2,8,9). The van der Waals surface area contributed by atoms with Crippen LogP contribution in [0.3, 0.4) is 0 Å². The van der Waals surface area contributed by atoms with E-state index in [1.54, 1.807) is 17.5 Å². The molecule has 2 aromatic heterocycles. The van der Waals surface area contributed by atoms with Gasteiger partial charge in [-0.05, 0) is 17.5 Å². The lowest BCUT2D eigenvalue weighted by atomic mass is 10.3. The largest absolute Gasteiger partial charge is 0.398 e. The van der Waals surface area contributed by atoms with Crippen LogP contribution in [-0.4, -0.2) is 4.98 Å². The predicted octanol–water partition coefficient (Wildman–Crippen LogP) is 1.88. The first-order chi connectivity index (χ1) is 4.88. The number of hydrogen-bond acceptors (Lipinski definition) is 3. The average molecular weight is 150 g/mol. The van der Waals surface area contributed by atoms with Crippen LogP contribution in [-0.2, 0) is 0 Å². The van der Waals surface area contributed by atoms with Gasteiger partial charge in [0.1, 0.15) is 4.83 Å². The van der Waals surface area contributed by atoms with E-state index in [1.807, 2.05) is 17.5 Å². The van der Waals surface area contributed by atoms with Gasteiger partial charge >= 0.3 is 0 Å². The van der Waals surface area contributed by atoms with Crippen molar-refractivity contribution in [3.8, 4) is 0 Å². The number of aromatic nitrogens is 1. The zero-order valence-electron chi connectivity index (χ0n) is 5.24. The molecule has 0 saturated carbocycles. The second-order valence-electron chi connectivity index (χ2n) is 2.04. The van der Waals surface area contributed by atoms with Crippen molar-refractivity contribution >= 4 is 27.2 Å². The van der Waals surface area contributed by atoms with Crippen LogP contribution in [0, 0.1) is 0 Å². The molecule has 2 N–H and O–H groups in total. The number of thiophene rings is 1. The Morgan fingerprint density at radius 3 is 3.10 bits per heavy atom. The number of pyridine rings is 1. The fraction of sp³-hybridized carbons (Fsp3) is 0. The van der Waals surface area contributed by atoms with E-state index in [-0.39, 0.29) is 0 Å². The van der Waals surface area contributed by atoms with E-state index in [0.717, 1.165) is 15.9 Å². The number of nitrogens with two attached hydrogens (primary N) is 1. The molecule has 0 aliphatic carbocycles. The molecule has 0 fully saturated rings. The fourth-order valence-electron chi connectivity index (χ4n) is 0.896. The molecule has 0 saturated heterocycles. The van der Waals surface area contributed by atoms with E-state index >= 15 is 0 Å². The summed E-state index contributed by atoms with van der Waals surface area (Å²) in [5.74, 6) is 0. The first kappa shape index (κ1) is 5.68. The van der Waals surface area contributed by atoms with Gasteiger partial charge in [-0.2, -0.15) is 0 Å². The summed E-state index contributed by atoms with van der Waals surface area (Å²) in [6.45, 7) is 0. The molecule has 2 rings (SSSR count). The highest BCUT2D eigenvalue weighted by atomic mass is 32.1. The fourth-order valence-corrected chi connectivity index (χ4v) is 1.66. The van der Waals surface area contributed by atoms with E-state index in [0.29, 0.717) is 0 Å². The Balaban J connectivity index is 2.95. The summed E-state index contributed by atoms with van der Waals surface area (Å²) in [6, 6.07) is 3.80. The molecule has 0 aliphatic rings. The quantitative estimate of drug-likeness (QED) is 0.622. The molecule has 0 radical (unpaired) electrons. The molecule has 50 valence electrons. The van der Waals surface area contributed by atoms with Gasteiger partial charge < -0.3 is 5.73 Å². The highest BCUT2D eigenvalue weighted by Gasteiger charge is 1.96. The Kier molecular flexibility index (Phi) is 1.11. The van der Waals surface area contributed by atoms with Gasteiger partial charge in [-0.25, -0.2) is 4.98 Å². The van der Waals surface area contributed by atoms with Crippen molar-refractivity contribution in [2.24, 2.45) is 0 Å². The van der Waals surface area contributed by atoms with Gasteiger partial charge in [-0.3, -0.25) is 0 Å². The lowest BCUT2D eigenvalue weighted by Gasteiger charge is -1.91. The van der Waals surface area contributed by atoms with Gasteiger partial charge in [0.05, 0.1) is 0 Å². The Morgan fingerprint density at radius 2 is 2.30 bits per heavy atom. The zero-order valence-corrected chi connectivity index (χ0v) is 6.06. The lowest BCUT2D eigenvalue weighted by Crippen LogP contribution is -1.84. The topological polar surface area (TPSA) is 38.9 Å². The minimum Gasteiger partial charge on any atom is -0.398 e. The molecule has 0 aromatic carbocycles. The smallest absolute Gasteiger partial charge is 0.125 e. The predicted molar refractivity (Wildman–Crippen MR) is 44.0 cm³/mol. The normalized spacial score (nSPS) is 10.4. The highest BCUT2D eigenvalue weighted by molar-refractivity contribution is 7.16. The molecule has 0 amide bonds. The molecule has 0 aliphatic heterocycles. The van der Waals surface area contributed by atoms with Crippen LogP contribution >= 0.6 is 11.3 Å². The maximum Gasteiger partial charge on any atom is 0.125 e. The van der Waals surface area contributed by atoms with Crippen molar-refractivity contribution in [2.75, 3.05) is 5.73 Å². The summed E-state index contributed by atoms with van der Waals surface area (Å²) in [7, 11) is 0. The van der Waals surface area contributed by atoms with Gasteiger partial charge in [0, 0.05) is 17.3 Å². The van der Waals surface area contributed by atoms with Gasteiger partial charge in [0.2, 0.25) is 0 Å². The minimum atomic E-state index is 0.811. The van der Waals surface area contributed by atoms with Crippen molar-refractivity contribution in [1.29, 1.82) is 0 Å². The Labute approximate surface area is 62.3 Å². The third kappa shape index (κ3) is 0.675. The maximum atomic E-state index is 5.67. The van der Waals surface area contributed by atoms with E-state index in [4.69, 9.17) is 5.73 Å². The van der Waals surface area contributed by atoms with Crippen molar-refractivity contribution in [3.63, 3.8) is 0 Å². The molecular weight excluding hydrogens is 144 g/mol. The van der Waals surface area contributed by atoms with Crippen LogP contribution in [0.25, 0.3) is 10.2 Å². The summed E-state index contributed by atoms with van der Waals surface area (Å²) in [5.41, 5.74) is 6.48. The third-order valence-electron chi connectivity index (χ3n) is 1.40. The Bertz CT molecular complexity index is 353. The van der Waals surface area contributed by atoms with Gasteiger partial charge in [-0.1, -0.05) is 0 Å². The van der Waals surface area contributed by atoms with Crippen molar-refractivity contribution < 1.29 is 0 Å². The number of hydrogen-bond donors (Lipinski definition) is 1. The molecule has 0 unspecified atom stereocenters. The first-order valence-corrected chi connectivity index (χ1v) is 3.83. The lowest BCUT2D eigenvalue weighted by molar-refractivity contribution is 1.45. The summed E-state index contributed by atoms with van der Waals surface area (Å²) < 4.78 is 0. The molecule has 3 heteroatoms. The minimum absolute atomic E-state index is 0.811. The Hall–Kier alpha value is -1.09. The van der Waals surface area contributed by atoms with E-state index in [1.165, 1.54) is 0 Å². The highest BCUT2D eigenvalue weighted by Crippen LogP contribution is 2.22. The molecule has 10 heavy (non-hydrogen) atoms. The zero-order chi connectivity index (χ0) is 6.97. The molecule has 0 bridgehead atoms. The average Bonchev–Trinajstić information content (AvgIpc) is 2.36. The van der Waals surface area contributed by atoms with Crippen LogP contribution in [0.2, 0.25) is 0 Å². The number of nitrogens with zero attached hydrogens (tertiary/aromatic N) is 1. The SMILES string of the molecule is Nc1ccnc2sccc12. The van der Waals surface area contributed by atoms with Crippen molar-refractivity contribution in [1.82, 2.24) is 4.98 Å². The van der Waals surface area contributed by atoms with Gasteiger partial charge in [0.25, 0.3) is 0 Å². The molecular formula is C7H6N2S. The van der Waals surface area contributed by atoms with Gasteiger partial charge in [-0.15, -0.1) is 11.3 Å². The number of anilines is 1. The summed E-state index contributed by atoms with van der Waals surface area (Å²) >= 11 is 1.61. The summed E-state index contributed by atoms with van der Waals surface area (Å²) in [5, 5.41) is 3.06. The van der Waals surface area contributed by atoms with E-state index < -0.39 is 0 Å². The van der Waals surface area contributed by atoms with Crippen LogP contribution in [0.1, 0.15) is 0 Å². The number of fused-ring (bicyclic) bond motifs is 1. The molecule has 0 atom stereocenters. The molecule has 2 aromatic rings. The summed E-state index contributed by atoms with van der Waals surface area (Å²) in [4.78, 5) is 5.15. The van der Waals surface area contributed by atoms with Crippen molar-refractivity contribution in [3.05, 3.63) is 23.7 Å². The second-order valence-corrected chi connectivity index (χ2v) is 2.93. The van der Waals surface area contributed by atoms with Crippen LogP contribution in [0.15, 0.2) is 23.7 Å². The van der Waals surface area contributed by atoms with Crippen LogP contribution in [0.5, 0.6) is 0 Å². The van der Waals surface area contributed by atoms with Crippen LogP contribution < -0.4 is 5.73 Å². The monoisotopic (exact) mass is 150 g/mol. The van der Waals surface area contributed by atoms with Gasteiger partial charge in [0.15, 0.2) is 0 Å². The second kappa shape index (κ2) is 1.95. The first-order valence-electron chi connectivity index (χ1n) is 2.95. The third-order valence-corrected chi connectivity index (χ3v) is 2.22. The molecule has 2 heterocycles. The maximum absolute atomic E-state index is 5.67. The number of rotatable bonds is 0. The Morgan fingerprint density at radius 1 is 1.40 bits per heavy atom. The van der Waals surface area contributed by atoms with E-state index in [2.05, 4.69) is 4.98 Å².